The first kappa shape index (κ1) is 21.6. The SMILES string of the molecule is C[C@@H](CCc1ccccc1)NC(=O)c1cc(-c2ccccc2)nc2cc(-c3ccccc3)nn12. The van der Waals surface area contributed by atoms with Crippen molar-refractivity contribution < 1.29 is 4.79 Å². The van der Waals surface area contributed by atoms with Crippen molar-refractivity contribution in [2.24, 2.45) is 0 Å². The van der Waals surface area contributed by atoms with Gasteiger partial charge in [-0.1, -0.05) is 91.0 Å². The smallest absolute Gasteiger partial charge is 0.270 e. The lowest BCUT2D eigenvalue weighted by Gasteiger charge is -2.15. The van der Waals surface area contributed by atoms with Crippen molar-refractivity contribution in [1.29, 1.82) is 0 Å². The van der Waals surface area contributed by atoms with Crippen LogP contribution in [0.4, 0.5) is 0 Å². The summed E-state index contributed by atoms with van der Waals surface area (Å²) in [6.45, 7) is 2.04. The Balaban J connectivity index is 1.47. The molecular weight excluding hydrogens is 420 g/mol. The lowest BCUT2D eigenvalue weighted by molar-refractivity contribution is 0.0931. The fourth-order valence-electron chi connectivity index (χ4n) is 4.04. The predicted molar refractivity (Wildman–Crippen MR) is 136 cm³/mol. The quantitative estimate of drug-likeness (QED) is 0.343. The van der Waals surface area contributed by atoms with Gasteiger partial charge in [-0.3, -0.25) is 4.79 Å². The maximum atomic E-state index is 13.4. The first-order chi connectivity index (χ1) is 16.7. The van der Waals surface area contributed by atoms with E-state index in [1.807, 2.05) is 97.9 Å². The number of aryl methyl sites for hydroxylation is 1. The van der Waals surface area contributed by atoms with E-state index in [0.29, 0.717) is 11.3 Å². The molecule has 0 saturated heterocycles. The minimum absolute atomic E-state index is 0.0141. The van der Waals surface area contributed by atoms with Crippen molar-refractivity contribution in [3.8, 4) is 22.5 Å². The maximum Gasteiger partial charge on any atom is 0.270 e. The van der Waals surface area contributed by atoms with E-state index in [1.54, 1.807) is 4.52 Å². The molecule has 0 unspecified atom stereocenters. The number of carbonyl (C=O) groups excluding carboxylic acids is 1. The zero-order valence-electron chi connectivity index (χ0n) is 19.1. The number of nitrogens with zero attached hydrogens (tertiary/aromatic N) is 3. The minimum atomic E-state index is -0.159. The van der Waals surface area contributed by atoms with E-state index >= 15 is 0 Å². The van der Waals surface area contributed by atoms with E-state index < -0.39 is 0 Å². The molecule has 5 nitrogen and oxygen atoms in total. The number of hydrogen-bond donors (Lipinski definition) is 1. The Morgan fingerprint density at radius 2 is 1.41 bits per heavy atom. The van der Waals surface area contributed by atoms with Crippen molar-refractivity contribution in [2.75, 3.05) is 0 Å². The third-order valence-corrected chi connectivity index (χ3v) is 5.89. The molecule has 34 heavy (non-hydrogen) atoms. The molecule has 5 heteroatoms. The molecule has 1 amide bonds. The van der Waals surface area contributed by atoms with Crippen LogP contribution < -0.4 is 5.32 Å². The first-order valence-corrected chi connectivity index (χ1v) is 11.5. The van der Waals surface area contributed by atoms with Gasteiger partial charge in [0.1, 0.15) is 5.69 Å². The summed E-state index contributed by atoms with van der Waals surface area (Å²) in [6.07, 6.45) is 1.76. The molecule has 1 N–H and O–H groups in total. The summed E-state index contributed by atoms with van der Waals surface area (Å²) in [7, 11) is 0. The highest BCUT2D eigenvalue weighted by molar-refractivity contribution is 5.94. The maximum absolute atomic E-state index is 13.4. The third kappa shape index (κ3) is 4.74. The van der Waals surface area contributed by atoms with Crippen LogP contribution >= 0.6 is 0 Å². The van der Waals surface area contributed by atoms with Crippen molar-refractivity contribution in [1.82, 2.24) is 19.9 Å². The highest BCUT2D eigenvalue weighted by Gasteiger charge is 2.18. The van der Waals surface area contributed by atoms with Gasteiger partial charge in [0.2, 0.25) is 0 Å². The van der Waals surface area contributed by atoms with E-state index in [2.05, 4.69) is 17.4 Å². The van der Waals surface area contributed by atoms with Gasteiger partial charge >= 0.3 is 0 Å². The van der Waals surface area contributed by atoms with Crippen LogP contribution in [0, 0.1) is 0 Å². The Hall–Kier alpha value is -4.25. The van der Waals surface area contributed by atoms with E-state index in [4.69, 9.17) is 10.1 Å². The van der Waals surface area contributed by atoms with Crippen LogP contribution in [0.2, 0.25) is 0 Å². The van der Waals surface area contributed by atoms with Gasteiger partial charge in [-0.15, -0.1) is 0 Å². The van der Waals surface area contributed by atoms with Crippen molar-refractivity contribution in [3.63, 3.8) is 0 Å². The molecule has 0 saturated carbocycles. The average molecular weight is 447 g/mol. The standard InChI is InChI=1S/C29H26N4O/c1-21(17-18-22-11-5-2-6-12-22)30-29(34)27-19-25(23-13-7-3-8-14-23)31-28-20-26(32-33(27)28)24-15-9-4-10-16-24/h2-16,19-21H,17-18H2,1H3,(H,30,34)/t21-/m0/s1. The van der Waals surface area contributed by atoms with Gasteiger partial charge in [0, 0.05) is 23.2 Å². The lowest BCUT2D eigenvalue weighted by atomic mass is 10.1. The predicted octanol–water partition coefficient (Wildman–Crippen LogP) is 5.81. The van der Waals surface area contributed by atoms with Gasteiger partial charge in [-0.2, -0.15) is 5.10 Å². The normalized spacial score (nSPS) is 11.9. The third-order valence-electron chi connectivity index (χ3n) is 5.89. The Morgan fingerprint density at radius 3 is 2.06 bits per heavy atom. The Labute approximate surface area is 199 Å². The fraction of sp³-hybridized carbons (Fsp3) is 0.138. The molecule has 0 aliphatic carbocycles. The largest absolute Gasteiger partial charge is 0.348 e. The number of carbonyl (C=O) groups is 1. The minimum Gasteiger partial charge on any atom is -0.348 e. The summed E-state index contributed by atoms with van der Waals surface area (Å²) in [4.78, 5) is 18.2. The molecule has 0 radical (unpaired) electrons. The molecular formula is C29H26N4O. The molecule has 0 aliphatic rings. The number of rotatable bonds is 7. The van der Waals surface area contributed by atoms with Crippen LogP contribution in [-0.2, 0) is 6.42 Å². The summed E-state index contributed by atoms with van der Waals surface area (Å²) in [5.74, 6) is -0.159. The summed E-state index contributed by atoms with van der Waals surface area (Å²) >= 11 is 0. The summed E-state index contributed by atoms with van der Waals surface area (Å²) in [5, 5.41) is 7.89. The average Bonchev–Trinajstić information content (AvgIpc) is 3.33. The Morgan fingerprint density at radius 1 is 0.824 bits per heavy atom. The fourth-order valence-corrected chi connectivity index (χ4v) is 4.04. The Bertz CT molecular complexity index is 1400. The number of amides is 1. The van der Waals surface area contributed by atoms with Crippen molar-refractivity contribution in [2.45, 2.75) is 25.8 Å². The molecule has 2 heterocycles. The summed E-state index contributed by atoms with van der Waals surface area (Å²) < 4.78 is 1.65. The highest BCUT2D eigenvalue weighted by Crippen LogP contribution is 2.24. The van der Waals surface area contributed by atoms with E-state index in [0.717, 1.165) is 35.4 Å². The summed E-state index contributed by atoms with van der Waals surface area (Å²) in [5.41, 5.74) is 5.84. The second kappa shape index (κ2) is 9.71. The van der Waals surface area contributed by atoms with Gasteiger partial charge in [-0.05, 0) is 31.4 Å². The van der Waals surface area contributed by atoms with Gasteiger partial charge in [0.25, 0.3) is 5.91 Å². The number of aromatic nitrogens is 3. The number of hydrogen-bond acceptors (Lipinski definition) is 3. The molecule has 168 valence electrons. The van der Waals surface area contributed by atoms with Crippen LogP contribution in [0.1, 0.15) is 29.4 Å². The van der Waals surface area contributed by atoms with Gasteiger partial charge in [0.05, 0.1) is 11.4 Å². The van der Waals surface area contributed by atoms with Gasteiger partial charge < -0.3 is 5.32 Å². The molecule has 5 aromatic rings. The van der Waals surface area contributed by atoms with Crippen molar-refractivity contribution >= 4 is 11.6 Å². The lowest BCUT2D eigenvalue weighted by Crippen LogP contribution is -2.34. The second-order valence-corrected chi connectivity index (χ2v) is 8.46. The van der Waals surface area contributed by atoms with Gasteiger partial charge in [0.15, 0.2) is 5.65 Å². The number of nitrogens with one attached hydrogen (secondary N) is 1. The molecule has 0 bridgehead atoms. The second-order valence-electron chi connectivity index (χ2n) is 8.46. The van der Waals surface area contributed by atoms with Crippen LogP contribution in [0.5, 0.6) is 0 Å². The van der Waals surface area contributed by atoms with Gasteiger partial charge in [-0.25, -0.2) is 9.50 Å². The molecule has 0 aliphatic heterocycles. The molecule has 0 spiro atoms. The summed E-state index contributed by atoms with van der Waals surface area (Å²) in [6, 6.07) is 33.9. The number of benzene rings is 3. The van der Waals surface area contributed by atoms with Crippen LogP contribution in [0.15, 0.2) is 103 Å². The first-order valence-electron chi connectivity index (χ1n) is 11.5. The molecule has 3 aromatic carbocycles. The Kier molecular flexibility index (Phi) is 6.17. The molecule has 5 rings (SSSR count). The van der Waals surface area contributed by atoms with Crippen LogP contribution in [0.25, 0.3) is 28.2 Å². The van der Waals surface area contributed by atoms with Crippen LogP contribution in [0.3, 0.4) is 0 Å². The van der Waals surface area contributed by atoms with E-state index in [-0.39, 0.29) is 11.9 Å². The molecule has 2 aromatic heterocycles. The monoisotopic (exact) mass is 446 g/mol. The van der Waals surface area contributed by atoms with Crippen molar-refractivity contribution in [3.05, 3.63) is 114 Å². The van der Waals surface area contributed by atoms with Crippen LogP contribution in [-0.4, -0.2) is 26.5 Å². The number of fused-ring (bicyclic) bond motifs is 1. The molecule has 0 fully saturated rings. The zero-order chi connectivity index (χ0) is 23.3. The van der Waals surface area contributed by atoms with E-state index in [9.17, 15) is 4.79 Å². The zero-order valence-corrected chi connectivity index (χ0v) is 19.1. The van der Waals surface area contributed by atoms with E-state index in [1.165, 1.54) is 5.56 Å². The molecule has 1 atom stereocenters. The topological polar surface area (TPSA) is 59.3 Å². The highest BCUT2D eigenvalue weighted by atomic mass is 16.2.